The molecule has 0 N–H and O–H groups in total. The van der Waals surface area contributed by atoms with Crippen LogP contribution in [-0.2, 0) is 13.1 Å². The molecule has 0 saturated heterocycles. The summed E-state index contributed by atoms with van der Waals surface area (Å²) < 4.78 is 14.8. The molecule has 1 aromatic carbocycles. The monoisotopic (exact) mass is 289 g/mol. The van der Waals surface area contributed by atoms with Crippen LogP contribution in [0.3, 0.4) is 0 Å². The molecule has 0 atom stereocenters. The lowest BCUT2D eigenvalue weighted by Gasteiger charge is -2.17. The first-order valence-corrected chi connectivity index (χ1v) is 6.98. The fourth-order valence-electron chi connectivity index (χ4n) is 2.39. The number of aromatic nitrogens is 2. The Hall–Kier alpha value is -2.17. The zero-order valence-electron chi connectivity index (χ0n) is 12.9. The van der Waals surface area contributed by atoms with Crippen molar-refractivity contribution in [3.05, 3.63) is 52.6 Å². The molecule has 0 saturated carbocycles. The van der Waals surface area contributed by atoms with Gasteiger partial charge < -0.3 is 4.90 Å². The van der Waals surface area contributed by atoms with E-state index in [1.165, 1.54) is 24.3 Å². The predicted molar refractivity (Wildman–Crippen MR) is 79.6 cm³/mol. The Balaban J connectivity index is 2.18. The number of carbonyl (C=O) groups excluding carboxylic acids is 1. The molecular formula is C16H20FN3O. The summed E-state index contributed by atoms with van der Waals surface area (Å²) in [5, 5.41) is 4.45. The fourth-order valence-corrected chi connectivity index (χ4v) is 2.39. The van der Waals surface area contributed by atoms with E-state index >= 15 is 0 Å². The van der Waals surface area contributed by atoms with Crippen LogP contribution < -0.4 is 0 Å². The number of benzene rings is 1. The van der Waals surface area contributed by atoms with Crippen molar-refractivity contribution in [3.8, 4) is 0 Å². The van der Waals surface area contributed by atoms with Crippen LogP contribution in [0.2, 0.25) is 0 Å². The second kappa shape index (κ2) is 6.08. The minimum absolute atomic E-state index is 0.127. The van der Waals surface area contributed by atoms with Crippen LogP contribution in [0, 0.1) is 19.7 Å². The lowest BCUT2D eigenvalue weighted by atomic mass is 10.1. The van der Waals surface area contributed by atoms with Crippen LogP contribution in [0.4, 0.5) is 4.39 Å². The Morgan fingerprint density at radius 3 is 2.43 bits per heavy atom. The van der Waals surface area contributed by atoms with E-state index in [0.29, 0.717) is 12.1 Å². The number of halogens is 1. The highest BCUT2D eigenvalue weighted by molar-refractivity contribution is 5.94. The third-order valence-electron chi connectivity index (χ3n) is 3.66. The van der Waals surface area contributed by atoms with E-state index in [9.17, 15) is 9.18 Å². The van der Waals surface area contributed by atoms with Crippen LogP contribution in [0.1, 0.15) is 34.2 Å². The molecule has 0 bridgehead atoms. The van der Waals surface area contributed by atoms with Gasteiger partial charge in [-0.1, -0.05) is 0 Å². The first-order valence-electron chi connectivity index (χ1n) is 6.98. The molecule has 1 amide bonds. The van der Waals surface area contributed by atoms with Gasteiger partial charge in [-0.2, -0.15) is 5.10 Å². The number of amides is 1. The van der Waals surface area contributed by atoms with Crippen molar-refractivity contribution in [2.45, 2.75) is 33.9 Å². The average molecular weight is 289 g/mol. The second-order valence-electron chi connectivity index (χ2n) is 5.13. The van der Waals surface area contributed by atoms with Gasteiger partial charge in [0.1, 0.15) is 5.82 Å². The molecule has 0 aliphatic rings. The Kier molecular flexibility index (Phi) is 4.40. The quantitative estimate of drug-likeness (QED) is 0.868. The van der Waals surface area contributed by atoms with Gasteiger partial charge >= 0.3 is 0 Å². The maximum Gasteiger partial charge on any atom is 0.253 e. The Morgan fingerprint density at radius 2 is 1.90 bits per heavy atom. The van der Waals surface area contributed by atoms with E-state index in [-0.39, 0.29) is 11.7 Å². The number of nitrogens with zero attached hydrogens (tertiary/aromatic N) is 3. The molecular weight excluding hydrogens is 269 g/mol. The molecule has 0 radical (unpaired) electrons. The van der Waals surface area contributed by atoms with Crippen LogP contribution in [0.5, 0.6) is 0 Å². The molecule has 21 heavy (non-hydrogen) atoms. The maximum absolute atomic E-state index is 12.9. The molecule has 0 unspecified atom stereocenters. The smallest absolute Gasteiger partial charge is 0.253 e. The van der Waals surface area contributed by atoms with E-state index in [4.69, 9.17) is 0 Å². The van der Waals surface area contributed by atoms with Crippen molar-refractivity contribution in [1.82, 2.24) is 14.7 Å². The summed E-state index contributed by atoms with van der Waals surface area (Å²) in [5.41, 5.74) is 3.56. The summed E-state index contributed by atoms with van der Waals surface area (Å²) in [6.45, 7) is 7.30. The van der Waals surface area contributed by atoms with Crippen LogP contribution in [-0.4, -0.2) is 27.6 Å². The number of aryl methyl sites for hydroxylation is 2. The van der Waals surface area contributed by atoms with Crippen LogP contribution in [0.25, 0.3) is 0 Å². The summed E-state index contributed by atoms with van der Waals surface area (Å²) in [4.78, 5) is 14.0. The topological polar surface area (TPSA) is 38.1 Å². The highest BCUT2D eigenvalue weighted by Crippen LogP contribution is 2.16. The van der Waals surface area contributed by atoms with Crippen molar-refractivity contribution < 1.29 is 9.18 Å². The molecule has 2 rings (SSSR count). The molecule has 1 aromatic heterocycles. The number of hydrogen-bond donors (Lipinski definition) is 0. The van der Waals surface area contributed by atoms with Gasteiger partial charge in [0.15, 0.2) is 0 Å². The lowest BCUT2D eigenvalue weighted by Crippen LogP contribution is -2.26. The Morgan fingerprint density at radius 1 is 1.29 bits per heavy atom. The van der Waals surface area contributed by atoms with Gasteiger partial charge in [-0.3, -0.25) is 9.48 Å². The third-order valence-corrected chi connectivity index (χ3v) is 3.66. The summed E-state index contributed by atoms with van der Waals surface area (Å²) in [6, 6.07) is 5.60. The predicted octanol–water partition coefficient (Wildman–Crippen LogP) is 2.93. The summed E-state index contributed by atoms with van der Waals surface area (Å²) in [6.07, 6.45) is 0. The number of carbonyl (C=O) groups is 1. The van der Waals surface area contributed by atoms with E-state index in [1.54, 1.807) is 11.9 Å². The first-order chi connectivity index (χ1) is 9.93. The third kappa shape index (κ3) is 3.12. The highest BCUT2D eigenvalue weighted by Gasteiger charge is 2.17. The molecule has 0 aliphatic heterocycles. The zero-order chi connectivity index (χ0) is 15.6. The van der Waals surface area contributed by atoms with Gasteiger partial charge in [0, 0.05) is 37.0 Å². The molecule has 1 heterocycles. The van der Waals surface area contributed by atoms with Gasteiger partial charge in [0.2, 0.25) is 0 Å². The molecule has 112 valence electrons. The molecule has 0 fully saturated rings. The van der Waals surface area contributed by atoms with Gasteiger partial charge in [-0.05, 0) is 45.0 Å². The zero-order valence-corrected chi connectivity index (χ0v) is 12.9. The number of rotatable bonds is 4. The van der Waals surface area contributed by atoms with Crippen molar-refractivity contribution in [2.24, 2.45) is 0 Å². The van der Waals surface area contributed by atoms with Crippen molar-refractivity contribution >= 4 is 5.91 Å². The standard InChI is InChI=1S/C16H20FN3O/c1-5-20-12(3)15(11(2)18-20)10-19(4)16(21)13-6-8-14(17)9-7-13/h6-9H,5,10H2,1-4H3. The van der Waals surface area contributed by atoms with Gasteiger partial charge in [0.25, 0.3) is 5.91 Å². The van der Waals surface area contributed by atoms with Crippen LogP contribution in [0.15, 0.2) is 24.3 Å². The van der Waals surface area contributed by atoms with E-state index in [2.05, 4.69) is 5.10 Å². The maximum atomic E-state index is 12.9. The van der Waals surface area contributed by atoms with Crippen molar-refractivity contribution in [2.75, 3.05) is 7.05 Å². The molecule has 5 heteroatoms. The normalized spacial score (nSPS) is 10.7. The summed E-state index contributed by atoms with van der Waals surface area (Å²) in [5.74, 6) is -0.469. The van der Waals surface area contributed by atoms with E-state index < -0.39 is 0 Å². The SMILES string of the molecule is CCn1nc(C)c(CN(C)C(=O)c2ccc(F)cc2)c1C. The summed E-state index contributed by atoms with van der Waals surface area (Å²) in [7, 11) is 1.74. The summed E-state index contributed by atoms with van der Waals surface area (Å²) >= 11 is 0. The second-order valence-corrected chi connectivity index (χ2v) is 5.13. The molecule has 4 nitrogen and oxygen atoms in total. The largest absolute Gasteiger partial charge is 0.337 e. The molecule has 0 spiro atoms. The Bertz CT molecular complexity index is 646. The molecule has 0 aliphatic carbocycles. The highest BCUT2D eigenvalue weighted by atomic mass is 19.1. The van der Waals surface area contributed by atoms with Gasteiger partial charge in [0.05, 0.1) is 5.69 Å². The van der Waals surface area contributed by atoms with Gasteiger partial charge in [-0.25, -0.2) is 4.39 Å². The molecule has 2 aromatic rings. The van der Waals surface area contributed by atoms with Gasteiger partial charge in [-0.15, -0.1) is 0 Å². The van der Waals surface area contributed by atoms with Crippen LogP contribution >= 0.6 is 0 Å². The lowest BCUT2D eigenvalue weighted by molar-refractivity contribution is 0.0784. The Labute approximate surface area is 124 Å². The first kappa shape index (κ1) is 15.2. The van der Waals surface area contributed by atoms with E-state index in [1.807, 2.05) is 25.5 Å². The average Bonchev–Trinajstić information content (AvgIpc) is 2.74. The minimum Gasteiger partial charge on any atom is -0.337 e. The van der Waals surface area contributed by atoms with Crippen molar-refractivity contribution in [1.29, 1.82) is 0 Å². The van der Waals surface area contributed by atoms with Crippen molar-refractivity contribution in [3.63, 3.8) is 0 Å². The van der Waals surface area contributed by atoms with E-state index in [0.717, 1.165) is 23.5 Å². The fraction of sp³-hybridized carbons (Fsp3) is 0.375. The minimum atomic E-state index is -0.342. The number of hydrogen-bond acceptors (Lipinski definition) is 2.